The Bertz CT molecular complexity index is 1030. The van der Waals surface area contributed by atoms with Gasteiger partial charge in [0.25, 0.3) is 5.91 Å². The first-order valence-corrected chi connectivity index (χ1v) is 11.9. The first kappa shape index (κ1) is 21.7. The number of benzene rings is 1. The number of aromatic nitrogens is 1. The summed E-state index contributed by atoms with van der Waals surface area (Å²) in [7, 11) is -1.86. The topological polar surface area (TPSA) is 89.0 Å². The molecule has 8 nitrogen and oxygen atoms in total. The Labute approximate surface area is 182 Å². The number of hydrogen-bond acceptors (Lipinski definition) is 6. The van der Waals surface area contributed by atoms with Crippen molar-refractivity contribution in [2.45, 2.75) is 25.0 Å². The van der Waals surface area contributed by atoms with Crippen LogP contribution in [0.5, 0.6) is 5.75 Å². The lowest BCUT2D eigenvalue weighted by atomic mass is 9.83. The van der Waals surface area contributed by atoms with Crippen LogP contribution in [-0.4, -0.2) is 73.2 Å². The van der Waals surface area contributed by atoms with Gasteiger partial charge in [0.05, 0.1) is 26.0 Å². The summed E-state index contributed by atoms with van der Waals surface area (Å²) in [5.41, 5.74) is 0.520. The van der Waals surface area contributed by atoms with Crippen LogP contribution in [0.25, 0.3) is 0 Å². The van der Waals surface area contributed by atoms with Crippen molar-refractivity contribution < 1.29 is 22.7 Å². The standard InChI is InChI=1S/C22H27N3O5S/c1-3-31(27,28)25-15-20(18-5-4-10-23-13-18)22(16-25)21(26)24(11-12-30-22)14-17-6-8-19(29-2)9-7-17/h4-10,13,20H,3,11-12,14-16H2,1-2H3/t20-,22+/m0/s1. The quantitative estimate of drug-likeness (QED) is 0.672. The Balaban J connectivity index is 1.66. The highest BCUT2D eigenvalue weighted by Gasteiger charge is 2.58. The van der Waals surface area contributed by atoms with Gasteiger partial charge >= 0.3 is 0 Å². The van der Waals surface area contributed by atoms with Gasteiger partial charge < -0.3 is 14.4 Å². The second-order valence-corrected chi connectivity index (χ2v) is 10.1. The summed E-state index contributed by atoms with van der Waals surface area (Å²) in [4.78, 5) is 19.7. The summed E-state index contributed by atoms with van der Waals surface area (Å²) in [6.45, 7) is 3.05. The zero-order valence-electron chi connectivity index (χ0n) is 17.7. The molecule has 1 aromatic heterocycles. The van der Waals surface area contributed by atoms with Crippen LogP contribution in [0.1, 0.15) is 24.0 Å². The Hall–Kier alpha value is -2.49. The number of carbonyl (C=O) groups excluding carboxylic acids is 1. The molecule has 0 saturated carbocycles. The number of pyridine rings is 1. The highest BCUT2D eigenvalue weighted by Crippen LogP contribution is 2.43. The molecule has 0 N–H and O–H groups in total. The molecule has 2 saturated heterocycles. The van der Waals surface area contributed by atoms with Gasteiger partial charge in [-0.25, -0.2) is 8.42 Å². The van der Waals surface area contributed by atoms with E-state index in [0.29, 0.717) is 19.7 Å². The van der Waals surface area contributed by atoms with Gasteiger partial charge in [-0.05, 0) is 36.2 Å². The second-order valence-electron chi connectivity index (χ2n) is 7.84. The molecule has 2 aromatic rings. The third kappa shape index (κ3) is 4.05. The SMILES string of the molecule is CCS(=O)(=O)N1C[C@@H](c2cccnc2)[C@@]2(C1)OCCN(Cc1ccc(OC)cc1)C2=O. The van der Waals surface area contributed by atoms with Crippen LogP contribution in [0.2, 0.25) is 0 Å². The van der Waals surface area contributed by atoms with Gasteiger partial charge in [0.15, 0.2) is 5.60 Å². The van der Waals surface area contributed by atoms with Crippen molar-refractivity contribution >= 4 is 15.9 Å². The van der Waals surface area contributed by atoms with E-state index in [1.807, 2.05) is 30.3 Å². The Morgan fingerprint density at radius 1 is 1.26 bits per heavy atom. The van der Waals surface area contributed by atoms with Gasteiger partial charge in [-0.3, -0.25) is 9.78 Å². The molecule has 2 atom stereocenters. The molecule has 0 unspecified atom stereocenters. The smallest absolute Gasteiger partial charge is 0.257 e. The molecular weight excluding hydrogens is 418 g/mol. The Kier molecular flexibility index (Phi) is 6.00. The number of carbonyl (C=O) groups is 1. The molecule has 1 aromatic carbocycles. The van der Waals surface area contributed by atoms with Crippen LogP contribution in [0.15, 0.2) is 48.8 Å². The van der Waals surface area contributed by atoms with E-state index in [2.05, 4.69) is 4.98 Å². The van der Waals surface area contributed by atoms with Crippen LogP contribution in [-0.2, 0) is 26.1 Å². The Morgan fingerprint density at radius 3 is 2.68 bits per heavy atom. The zero-order valence-corrected chi connectivity index (χ0v) is 18.5. The third-order valence-electron chi connectivity index (χ3n) is 6.11. The number of morpholine rings is 1. The molecule has 0 bridgehead atoms. The van der Waals surface area contributed by atoms with Crippen LogP contribution < -0.4 is 4.74 Å². The molecule has 0 radical (unpaired) electrons. The van der Waals surface area contributed by atoms with Crippen molar-refractivity contribution in [1.29, 1.82) is 0 Å². The van der Waals surface area contributed by atoms with Crippen LogP contribution in [0.3, 0.4) is 0 Å². The van der Waals surface area contributed by atoms with Gasteiger partial charge in [-0.2, -0.15) is 4.31 Å². The van der Waals surface area contributed by atoms with E-state index in [1.165, 1.54) is 4.31 Å². The minimum Gasteiger partial charge on any atom is -0.497 e. The van der Waals surface area contributed by atoms with E-state index in [0.717, 1.165) is 16.9 Å². The maximum Gasteiger partial charge on any atom is 0.257 e. The summed E-state index contributed by atoms with van der Waals surface area (Å²) in [6, 6.07) is 11.2. The van der Waals surface area contributed by atoms with Gasteiger partial charge in [-0.15, -0.1) is 0 Å². The van der Waals surface area contributed by atoms with Crippen molar-refractivity contribution in [2.24, 2.45) is 0 Å². The first-order chi connectivity index (χ1) is 14.9. The minimum atomic E-state index is -3.47. The second kappa shape index (κ2) is 8.57. The summed E-state index contributed by atoms with van der Waals surface area (Å²) in [5, 5.41) is 0. The van der Waals surface area contributed by atoms with Gasteiger partial charge in [0.1, 0.15) is 5.75 Å². The van der Waals surface area contributed by atoms with Crippen molar-refractivity contribution in [3.05, 3.63) is 59.9 Å². The van der Waals surface area contributed by atoms with E-state index in [9.17, 15) is 13.2 Å². The average Bonchev–Trinajstić information content (AvgIpc) is 3.19. The van der Waals surface area contributed by atoms with Crippen molar-refractivity contribution in [3.8, 4) is 5.75 Å². The summed E-state index contributed by atoms with van der Waals surface area (Å²) in [6.07, 6.45) is 3.35. The predicted octanol–water partition coefficient (Wildman–Crippen LogP) is 1.64. The normalized spacial score (nSPS) is 24.6. The van der Waals surface area contributed by atoms with Crippen molar-refractivity contribution in [1.82, 2.24) is 14.2 Å². The van der Waals surface area contributed by atoms with E-state index < -0.39 is 21.5 Å². The first-order valence-electron chi connectivity index (χ1n) is 10.3. The number of nitrogens with zero attached hydrogens (tertiary/aromatic N) is 3. The van der Waals surface area contributed by atoms with E-state index in [4.69, 9.17) is 9.47 Å². The lowest BCUT2D eigenvalue weighted by Gasteiger charge is -2.42. The highest BCUT2D eigenvalue weighted by molar-refractivity contribution is 7.89. The fourth-order valence-electron chi connectivity index (χ4n) is 4.37. The molecule has 1 amide bonds. The molecule has 2 aliphatic rings. The molecule has 0 aliphatic carbocycles. The minimum absolute atomic E-state index is 0.0146. The Morgan fingerprint density at radius 2 is 2.03 bits per heavy atom. The zero-order chi connectivity index (χ0) is 22.1. The summed E-state index contributed by atoms with van der Waals surface area (Å²) < 4.78 is 38.1. The monoisotopic (exact) mass is 445 g/mol. The lowest BCUT2D eigenvalue weighted by Crippen LogP contribution is -2.60. The fourth-order valence-corrected chi connectivity index (χ4v) is 5.50. The highest BCUT2D eigenvalue weighted by atomic mass is 32.2. The lowest BCUT2D eigenvalue weighted by molar-refractivity contribution is -0.172. The van der Waals surface area contributed by atoms with Crippen LogP contribution in [0, 0.1) is 0 Å². The van der Waals surface area contributed by atoms with Crippen molar-refractivity contribution in [2.75, 3.05) is 39.1 Å². The summed E-state index contributed by atoms with van der Waals surface area (Å²) >= 11 is 0. The van der Waals surface area contributed by atoms with E-state index >= 15 is 0 Å². The molecule has 1 spiro atoms. The average molecular weight is 446 g/mol. The number of amides is 1. The van der Waals surface area contributed by atoms with Gasteiger partial charge in [0, 0.05) is 37.9 Å². The largest absolute Gasteiger partial charge is 0.497 e. The van der Waals surface area contributed by atoms with E-state index in [1.54, 1.807) is 37.4 Å². The fraction of sp³-hybridized carbons (Fsp3) is 0.455. The van der Waals surface area contributed by atoms with E-state index in [-0.39, 0.29) is 24.7 Å². The molecule has 4 rings (SSSR count). The maximum absolute atomic E-state index is 13.8. The number of methoxy groups -OCH3 is 1. The summed E-state index contributed by atoms with van der Waals surface area (Å²) in [5.74, 6) is 0.124. The molecule has 3 heterocycles. The molecule has 2 aliphatic heterocycles. The van der Waals surface area contributed by atoms with Crippen molar-refractivity contribution in [3.63, 3.8) is 0 Å². The predicted molar refractivity (Wildman–Crippen MR) is 115 cm³/mol. The number of sulfonamides is 1. The molecule has 31 heavy (non-hydrogen) atoms. The molecule has 2 fully saturated rings. The van der Waals surface area contributed by atoms with Gasteiger partial charge in [0.2, 0.25) is 10.0 Å². The third-order valence-corrected chi connectivity index (χ3v) is 7.90. The van der Waals surface area contributed by atoms with Crippen LogP contribution >= 0.6 is 0 Å². The number of hydrogen-bond donors (Lipinski definition) is 0. The number of ether oxygens (including phenoxy) is 2. The molecule has 166 valence electrons. The molecular formula is C22H27N3O5S. The molecule has 9 heteroatoms. The number of rotatable bonds is 6. The van der Waals surface area contributed by atoms with Gasteiger partial charge in [-0.1, -0.05) is 18.2 Å². The van der Waals surface area contributed by atoms with Crippen LogP contribution in [0.4, 0.5) is 0 Å². The maximum atomic E-state index is 13.8.